The lowest BCUT2D eigenvalue weighted by Gasteiger charge is -2.69. The molecule has 0 aromatic rings. The van der Waals surface area contributed by atoms with E-state index in [0.717, 1.165) is 0 Å². The van der Waals surface area contributed by atoms with Crippen LogP contribution in [-0.4, -0.2) is 69.7 Å². The zero-order valence-corrected chi connectivity index (χ0v) is 21.6. The summed E-state index contributed by atoms with van der Waals surface area (Å²) in [4.78, 5) is 52.7. The summed E-state index contributed by atoms with van der Waals surface area (Å²) < 4.78 is 30.1. The second-order valence-corrected chi connectivity index (χ2v) is 12.0. The lowest BCUT2D eigenvalue weighted by molar-refractivity contribution is -0.262. The molecule has 3 saturated heterocycles. The van der Waals surface area contributed by atoms with Gasteiger partial charge in [-0.25, -0.2) is 9.59 Å². The summed E-state index contributed by atoms with van der Waals surface area (Å²) in [5.74, 6) is -2.92. The van der Waals surface area contributed by atoms with E-state index in [1.807, 2.05) is 0 Å². The van der Waals surface area contributed by atoms with Crippen molar-refractivity contribution < 1.29 is 48.0 Å². The fourth-order valence-corrected chi connectivity index (χ4v) is 8.75. The van der Waals surface area contributed by atoms with Gasteiger partial charge in [0.1, 0.15) is 22.7 Å². The van der Waals surface area contributed by atoms with Crippen LogP contribution >= 0.6 is 0 Å². The van der Waals surface area contributed by atoms with Crippen LogP contribution in [0.3, 0.4) is 0 Å². The van der Waals surface area contributed by atoms with E-state index >= 15 is 0 Å². The molecule has 0 radical (unpaired) electrons. The van der Waals surface area contributed by atoms with Gasteiger partial charge in [-0.2, -0.15) is 0 Å². The largest absolute Gasteiger partial charge is 0.458 e. The van der Waals surface area contributed by atoms with Gasteiger partial charge in [-0.3, -0.25) is 9.59 Å². The highest BCUT2D eigenvalue weighted by Gasteiger charge is 3.00. The molecule has 2 aliphatic carbocycles. The Morgan fingerprint density at radius 3 is 2.30 bits per heavy atom. The van der Waals surface area contributed by atoms with Crippen molar-refractivity contribution in [3.05, 3.63) is 36.5 Å². The number of carbonyl (C=O) groups is 4. The third kappa shape index (κ3) is 1.94. The van der Waals surface area contributed by atoms with Crippen LogP contribution in [0.1, 0.15) is 48.0 Å². The normalized spacial score (nSPS) is 52.4. The first-order valence-electron chi connectivity index (χ1n) is 12.3. The van der Waals surface area contributed by atoms with Crippen molar-refractivity contribution in [2.45, 2.75) is 88.7 Å². The smallest absolute Gasteiger partial charge is 0.345 e. The fraction of sp³-hybridized carbons (Fsp3) is 0.630. The molecule has 9 unspecified atom stereocenters. The van der Waals surface area contributed by atoms with E-state index in [4.69, 9.17) is 23.7 Å². The summed E-state index contributed by atoms with van der Waals surface area (Å²) >= 11 is 0. The molecule has 10 nitrogen and oxygen atoms in total. The van der Waals surface area contributed by atoms with Crippen LogP contribution < -0.4 is 0 Å². The van der Waals surface area contributed by atoms with Crippen molar-refractivity contribution in [2.24, 2.45) is 16.2 Å². The number of aliphatic hydroxyl groups is 1. The van der Waals surface area contributed by atoms with Crippen LogP contribution in [0.25, 0.3) is 0 Å². The van der Waals surface area contributed by atoms with Crippen LogP contribution in [0.5, 0.6) is 0 Å². The summed E-state index contributed by atoms with van der Waals surface area (Å²) in [6.45, 7) is 17.9. The zero-order chi connectivity index (χ0) is 27.4. The molecule has 37 heavy (non-hydrogen) atoms. The first-order chi connectivity index (χ1) is 17.0. The molecule has 4 aliphatic heterocycles. The minimum atomic E-state index is -2.03. The number of rotatable bonds is 1. The molecule has 10 heteroatoms. The first-order valence-corrected chi connectivity index (χ1v) is 12.3. The molecule has 1 N–H and O–H groups in total. The Hall–Kier alpha value is -2.98. The highest BCUT2D eigenvalue weighted by molar-refractivity contribution is 6.03. The Morgan fingerprint density at radius 1 is 1.05 bits per heavy atom. The van der Waals surface area contributed by atoms with Gasteiger partial charge in [-0.15, -0.1) is 0 Å². The average molecular weight is 515 g/mol. The first kappa shape index (κ1) is 24.4. The second-order valence-electron chi connectivity index (χ2n) is 12.0. The van der Waals surface area contributed by atoms with E-state index in [2.05, 4.69) is 13.2 Å². The minimum Gasteiger partial charge on any atom is -0.458 e. The van der Waals surface area contributed by atoms with Crippen LogP contribution in [0, 0.1) is 16.2 Å². The molecule has 6 aliphatic rings. The summed E-state index contributed by atoms with van der Waals surface area (Å²) in [5, 5.41) is 12.1. The topological polar surface area (TPSA) is 135 Å². The quantitative estimate of drug-likeness (QED) is 0.311. The van der Waals surface area contributed by atoms with Crippen molar-refractivity contribution in [1.82, 2.24) is 0 Å². The number of hydrogen-bond donors (Lipinski definition) is 1. The average Bonchev–Trinajstić information content (AvgIpc) is 3.10. The molecule has 3 bridgehead atoms. The monoisotopic (exact) mass is 514 g/mol. The third-order valence-corrected chi connectivity index (χ3v) is 10.5. The summed E-state index contributed by atoms with van der Waals surface area (Å²) in [7, 11) is 0. The molecule has 5 fully saturated rings. The van der Waals surface area contributed by atoms with Gasteiger partial charge in [-0.1, -0.05) is 26.2 Å². The van der Waals surface area contributed by atoms with Crippen molar-refractivity contribution in [3.8, 4) is 0 Å². The van der Waals surface area contributed by atoms with Gasteiger partial charge in [0.2, 0.25) is 5.60 Å². The number of ether oxygens (including phenoxy) is 5. The Kier molecular flexibility index (Phi) is 4.07. The van der Waals surface area contributed by atoms with Crippen LogP contribution in [0.2, 0.25) is 0 Å². The summed E-state index contributed by atoms with van der Waals surface area (Å²) in [6.07, 6.45) is -1.02. The zero-order valence-electron chi connectivity index (χ0n) is 21.6. The van der Waals surface area contributed by atoms with E-state index < -0.39 is 80.8 Å². The second kappa shape index (κ2) is 6.18. The molecule has 0 aromatic carbocycles. The predicted molar refractivity (Wildman–Crippen MR) is 123 cm³/mol. The molecular formula is C27H30O10. The summed E-state index contributed by atoms with van der Waals surface area (Å²) in [5.41, 5.74) is -11.1. The van der Waals surface area contributed by atoms with Gasteiger partial charge in [0.15, 0.2) is 11.7 Å². The number of fused-ring (bicyclic) bond motifs is 1. The van der Waals surface area contributed by atoms with Crippen molar-refractivity contribution in [2.75, 3.05) is 0 Å². The number of cyclic esters (lactones) is 2. The number of carbonyl (C=O) groups excluding carboxylic acids is 4. The molecular weight excluding hydrogens is 484 g/mol. The van der Waals surface area contributed by atoms with E-state index in [9.17, 15) is 24.3 Å². The number of esters is 4. The van der Waals surface area contributed by atoms with Gasteiger partial charge < -0.3 is 28.8 Å². The highest BCUT2D eigenvalue weighted by atomic mass is 16.7. The molecule has 2 spiro atoms. The van der Waals surface area contributed by atoms with Gasteiger partial charge in [-0.05, 0) is 45.3 Å². The highest BCUT2D eigenvalue weighted by Crippen LogP contribution is 2.84. The Labute approximate surface area is 213 Å². The number of aliphatic hydroxyl groups excluding tert-OH is 1. The van der Waals surface area contributed by atoms with Gasteiger partial charge in [0, 0.05) is 13.0 Å². The molecule has 4 heterocycles. The van der Waals surface area contributed by atoms with E-state index in [0.29, 0.717) is 0 Å². The van der Waals surface area contributed by atoms with Crippen LogP contribution in [0.4, 0.5) is 0 Å². The molecule has 198 valence electrons. The minimum absolute atomic E-state index is 0.0322. The van der Waals surface area contributed by atoms with Gasteiger partial charge in [0.25, 0.3) is 0 Å². The van der Waals surface area contributed by atoms with E-state index in [-0.39, 0.29) is 17.6 Å². The standard InChI is InChI=1S/C27H30O10/c1-12-22(7)18(34-15(4)28)26-13(2)24(10-9-17(30)35-21(24,5)6)11-16(29)23(26,8)25(12)19(31)33-14(3)27(25,37-26)20(32)36-22/h9-10,14,16,18,29H,1-2,11H2,3-8H3. The van der Waals surface area contributed by atoms with E-state index in [1.54, 1.807) is 26.8 Å². The Bertz CT molecular complexity index is 1300. The van der Waals surface area contributed by atoms with Crippen molar-refractivity contribution in [3.63, 3.8) is 0 Å². The maximum atomic E-state index is 14.0. The maximum absolute atomic E-state index is 14.0. The molecule has 2 saturated carbocycles. The Morgan fingerprint density at radius 2 is 1.70 bits per heavy atom. The van der Waals surface area contributed by atoms with Crippen LogP contribution in [-0.2, 0) is 42.9 Å². The lowest BCUT2D eigenvalue weighted by atomic mass is 9.35. The molecule has 0 aromatic heterocycles. The lowest BCUT2D eigenvalue weighted by Crippen LogP contribution is -2.82. The molecule has 6 rings (SSSR count). The maximum Gasteiger partial charge on any atom is 0.345 e. The van der Waals surface area contributed by atoms with Crippen molar-refractivity contribution >= 4 is 23.9 Å². The predicted octanol–water partition coefficient (Wildman–Crippen LogP) is 1.45. The fourth-order valence-electron chi connectivity index (χ4n) is 8.75. The SMILES string of the molecule is C=C1C2(C=CC(=O)OC2(C)C)CC(O)C2(C)C13OC14C(=O)OC(C)(C(=C)C12C(=O)OC4C)C3OC(C)=O. The van der Waals surface area contributed by atoms with Crippen molar-refractivity contribution in [1.29, 1.82) is 0 Å². The molecule has 0 amide bonds. The summed E-state index contributed by atoms with van der Waals surface area (Å²) in [6, 6.07) is 0. The molecule has 9 atom stereocenters. The Balaban J connectivity index is 1.77. The van der Waals surface area contributed by atoms with Crippen LogP contribution in [0.15, 0.2) is 36.5 Å². The van der Waals surface area contributed by atoms with E-state index in [1.165, 1.54) is 26.8 Å². The number of hydrogen-bond acceptors (Lipinski definition) is 10. The van der Waals surface area contributed by atoms with Gasteiger partial charge in [0.05, 0.1) is 16.9 Å². The third-order valence-electron chi connectivity index (χ3n) is 10.5. The van der Waals surface area contributed by atoms with Gasteiger partial charge >= 0.3 is 23.9 Å².